The van der Waals surface area contributed by atoms with Crippen molar-refractivity contribution in [3.8, 4) is 0 Å². The SMILES string of the molecule is CCCCCCCCCCCCCCCCCCCCCCC(=O)O[C@H](COC(=O)CCCCCCCCCCCCCCCCC)COP(=O)(O)OC[C@@H](O)COP(=O)(O)OC[C@@H](COC(=O)CCCCCCCCCCCC(C)C)OC(=O)CCCCCCCCCCCCCCC. The van der Waals surface area contributed by atoms with Crippen molar-refractivity contribution in [1.29, 1.82) is 0 Å². The van der Waals surface area contributed by atoms with Gasteiger partial charge in [-0.3, -0.25) is 37.3 Å². The number of carbonyl (C=O) groups is 4. The van der Waals surface area contributed by atoms with Crippen molar-refractivity contribution in [2.75, 3.05) is 39.6 Å². The number of ether oxygens (including phenoxy) is 4. The van der Waals surface area contributed by atoms with Crippen molar-refractivity contribution in [2.24, 2.45) is 5.92 Å². The molecule has 0 heterocycles. The second-order valence-corrected chi connectivity index (χ2v) is 32.5. The molecule has 0 fully saturated rings. The third-order valence-electron chi connectivity index (χ3n) is 19.0. The molecule has 0 aromatic heterocycles. The number of hydrogen-bond donors (Lipinski definition) is 3. The first-order valence-electron chi connectivity index (χ1n) is 42.1. The van der Waals surface area contributed by atoms with Gasteiger partial charge in [0, 0.05) is 25.7 Å². The summed E-state index contributed by atoms with van der Waals surface area (Å²) in [6, 6.07) is 0. The average molecular weight is 1470 g/mol. The number of rotatable bonds is 81. The number of unbranched alkanes of at least 4 members (excludes halogenated alkanes) is 53. The molecule has 0 aliphatic heterocycles. The molecule has 0 saturated heterocycles. The van der Waals surface area contributed by atoms with E-state index in [1.54, 1.807) is 0 Å². The summed E-state index contributed by atoms with van der Waals surface area (Å²) in [4.78, 5) is 73.0. The number of carbonyl (C=O) groups excluding carboxylic acids is 4. The van der Waals surface area contributed by atoms with E-state index < -0.39 is 97.5 Å². The molecule has 19 heteroatoms. The number of aliphatic hydroxyl groups excluding tert-OH is 1. The molecule has 3 N–H and O–H groups in total. The quantitative estimate of drug-likeness (QED) is 0.0222. The van der Waals surface area contributed by atoms with Crippen LogP contribution >= 0.6 is 15.6 Å². The fraction of sp³-hybridized carbons (Fsp3) is 0.951. The number of esters is 4. The summed E-state index contributed by atoms with van der Waals surface area (Å²) in [5.41, 5.74) is 0. The highest BCUT2D eigenvalue weighted by Crippen LogP contribution is 2.45. The minimum Gasteiger partial charge on any atom is -0.462 e. The summed E-state index contributed by atoms with van der Waals surface area (Å²) in [5, 5.41) is 10.6. The van der Waals surface area contributed by atoms with Gasteiger partial charge in [0.2, 0.25) is 0 Å². The summed E-state index contributed by atoms with van der Waals surface area (Å²) in [6.07, 6.45) is 65.2. The third kappa shape index (κ3) is 74.3. The predicted molar refractivity (Wildman–Crippen MR) is 409 cm³/mol. The van der Waals surface area contributed by atoms with E-state index in [-0.39, 0.29) is 25.7 Å². The Bertz CT molecular complexity index is 1910. The van der Waals surface area contributed by atoms with Crippen LogP contribution in [0.1, 0.15) is 433 Å². The van der Waals surface area contributed by atoms with Crippen molar-refractivity contribution in [1.82, 2.24) is 0 Å². The molecule has 5 atom stereocenters. The molecule has 0 spiro atoms. The third-order valence-corrected chi connectivity index (χ3v) is 20.9. The second kappa shape index (κ2) is 73.9. The molecule has 17 nitrogen and oxygen atoms in total. The first-order chi connectivity index (χ1) is 48.5. The van der Waals surface area contributed by atoms with E-state index in [1.807, 2.05) is 0 Å². The summed E-state index contributed by atoms with van der Waals surface area (Å²) in [5.74, 6) is -1.36. The number of aliphatic hydroxyl groups is 1. The summed E-state index contributed by atoms with van der Waals surface area (Å²) >= 11 is 0. The van der Waals surface area contributed by atoms with Crippen molar-refractivity contribution in [3.63, 3.8) is 0 Å². The van der Waals surface area contributed by atoms with Gasteiger partial charge in [0.25, 0.3) is 0 Å². The lowest BCUT2D eigenvalue weighted by Gasteiger charge is -2.21. The minimum absolute atomic E-state index is 0.108. The molecule has 0 aromatic rings. The van der Waals surface area contributed by atoms with Crippen molar-refractivity contribution in [2.45, 2.75) is 451 Å². The van der Waals surface area contributed by atoms with Gasteiger partial charge >= 0.3 is 39.5 Å². The maximum atomic E-state index is 13.1. The van der Waals surface area contributed by atoms with Crippen LogP contribution < -0.4 is 0 Å². The Hall–Kier alpha value is -1.94. The lowest BCUT2D eigenvalue weighted by Crippen LogP contribution is -2.30. The van der Waals surface area contributed by atoms with E-state index in [4.69, 9.17) is 37.0 Å². The van der Waals surface area contributed by atoms with E-state index in [2.05, 4.69) is 34.6 Å². The van der Waals surface area contributed by atoms with Crippen LogP contribution in [0.25, 0.3) is 0 Å². The Balaban J connectivity index is 5.24. The van der Waals surface area contributed by atoms with Crippen molar-refractivity contribution in [3.05, 3.63) is 0 Å². The van der Waals surface area contributed by atoms with Crippen LogP contribution in [0.2, 0.25) is 0 Å². The lowest BCUT2D eigenvalue weighted by atomic mass is 10.0. The van der Waals surface area contributed by atoms with Crippen molar-refractivity contribution < 1.29 is 80.2 Å². The molecule has 0 amide bonds. The van der Waals surface area contributed by atoms with Gasteiger partial charge in [-0.25, -0.2) is 9.13 Å². The van der Waals surface area contributed by atoms with E-state index in [1.165, 1.54) is 257 Å². The molecule has 0 rings (SSSR count). The normalized spacial score (nSPS) is 13.8. The Kier molecular flexibility index (Phi) is 72.5. The van der Waals surface area contributed by atoms with Gasteiger partial charge < -0.3 is 33.8 Å². The Morgan fingerprint density at radius 2 is 0.460 bits per heavy atom. The highest BCUT2D eigenvalue weighted by atomic mass is 31.2. The summed E-state index contributed by atoms with van der Waals surface area (Å²) < 4.78 is 68.7. The van der Waals surface area contributed by atoms with Gasteiger partial charge in [0.1, 0.15) is 19.3 Å². The van der Waals surface area contributed by atoms with Gasteiger partial charge in [-0.15, -0.1) is 0 Å². The van der Waals surface area contributed by atoms with Crippen LogP contribution in [0.15, 0.2) is 0 Å². The Morgan fingerprint density at radius 3 is 0.680 bits per heavy atom. The molecule has 594 valence electrons. The predicted octanol–water partition coefficient (Wildman–Crippen LogP) is 24.4. The molecular weight excluding hydrogens is 1310 g/mol. The highest BCUT2D eigenvalue weighted by molar-refractivity contribution is 7.47. The van der Waals surface area contributed by atoms with Crippen LogP contribution in [0.4, 0.5) is 0 Å². The minimum atomic E-state index is -4.96. The van der Waals surface area contributed by atoms with Crippen LogP contribution in [-0.2, 0) is 65.4 Å². The van der Waals surface area contributed by atoms with Crippen LogP contribution in [0.5, 0.6) is 0 Å². The fourth-order valence-corrected chi connectivity index (χ4v) is 14.2. The van der Waals surface area contributed by atoms with Crippen molar-refractivity contribution >= 4 is 39.5 Å². The molecule has 0 radical (unpaired) electrons. The zero-order valence-electron chi connectivity index (χ0n) is 65.3. The highest BCUT2D eigenvalue weighted by Gasteiger charge is 2.30. The molecule has 0 aromatic carbocycles. The maximum Gasteiger partial charge on any atom is 0.472 e. The van der Waals surface area contributed by atoms with E-state index in [0.29, 0.717) is 25.7 Å². The summed E-state index contributed by atoms with van der Waals surface area (Å²) in [7, 11) is -9.92. The molecule has 100 heavy (non-hydrogen) atoms. The number of phosphoric acid groups is 2. The number of phosphoric ester groups is 2. The van der Waals surface area contributed by atoms with Crippen LogP contribution in [0.3, 0.4) is 0 Å². The molecule has 0 aliphatic rings. The molecule has 0 saturated carbocycles. The topological polar surface area (TPSA) is 237 Å². The smallest absolute Gasteiger partial charge is 0.462 e. The monoisotopic (exact) mass is 1470 g/mol. The number of hydrogen-bond acceptors (Lipinski definition) is 15. The van der Waals surface area contributed by atoms with Gasteiger partial charge in [0.15, 0.2) is 12.2 Å². The Labute approximate surface area is 613 Å². The Morgan fingerprint density at radius 1 is 0.270 bits per heavy atom. The van der Waals surface area contributed by atoms with Gasteiger partial charge in [-0.05, 0) is 31.6 Å². The maximum absolute atomic E-state index is 13.1. The molecular formula is C81H158O17P2. The molecule has 0 bridgehead atoms. The van der Waals surface area contributed by atoms with Gasteiger partial charge in [-0.1, -0.05) is 381 Å². The second-order valence-electron chi connectivity index (χ2n) is 29.6. The van der Waals surface area contributed by atoms with E-state index in [9.17, 15) is 43.2 Å². The van der Waals surface area contributed by atoms with E-state index >= 15 is 0 Å². The van der Waals surface area contributed by atoms with Crippen LogP contribution in [0, 0.1) is 5.92 Å². The van der Waals surface area contributed by atoms with E-state index in [0.717, 1.165) is 95.8 Å². The lowest BCUT2D eigenvalue weighted by molar-refractivity contribution is -0.161. The first-order valence-corrected chi connectivity index (χ1v) is 45.1. The largest absolute Gasteiger partial charge is 0.472 e. The molecule has 0 aliphatic carbocycles. The van der Waals surface area contributed by atoms with Crippen LogP contribution in [-0.4, -0.2) is 96.7 Å². The average Bonchev–Trinajstić information content (AvgIpc) is 0.917. The first kappa shape index (κ1) is 98.1. The standard InChI is InChI=1S/C81H158O17P2/c1-6-9-12-15-18-21-24-27-29-30-31-32-33-35-38-41-46-52-57-62-67-81(86)97-76(70-91-78(83)64-59-54-49-44-39-37-34-28-25-22-19-16-13-10-7-2)72-95-99(87,88)93-68-75(82)69-94-100(89,90)96-73-77(71-92-79(84)65-60-55-50-47-42-43-48-53-58-63-74(4)5)98-80(85)66-61-56-51-45-40-36-26-23-20-17-14-11-8-3/h74-77,82H,6-73H2,1-5H3,(H,87,88)(H,89,90)/t75-,76-,77-/m1/s1. The zero-order valence-corrected chi connectivity index (χ0v) is 67.1. The fourth-order valence-electron chi connectivity index (χ4n) is 12.6. The summed E-state index contributed by atoms with van der Waals surface area (Å²) in [6.45, 7) is 7.32. The zero-order chi connectivity index (χ0) is 73.4. The van der Waals surface area contributed by atoms with Gasteiger partial charge in [0.05, 0.1) is 26.4 Å². The van der Waals surface area contributed by atoms with Gasteiger partial charge in [-0.2, -0.15) is 0 Å². The molecule has 2 unspecified atom stereocenters.